The van der Waals surface area contributed by atoms with Gasteiger partial charge in [-0.05, 0) is 33.1 Å². The van der Waals surface area contributed by atoms with Crippen molar-refractivity contribution in [3.05, 3.63) is 0 Å². The van der Waals surface area contributed by atoms with E-state index in [1.807, 2.05) is 32.7 Å². The van der Waals surface area contributed by atoms with E-state index in [0.29, 0.717) is 5.92 Å². The lowest BCUT2D eigenvalue weighted by Crippen LogP contribution is -2.50. The summed E-state index contributed by atoms with van der Waals surface area (Å²) >= 11 is 0. The number of ether oxygens (including phenoxy) is 1. The molecule has 0 spiro atoms. The molecular weight excluding hydrogens is 523 g/mol. The largest absolute Gasteiger partial charge is 0.444 e. The Morgan fingerprint density at radius 1 is 1.16 bits per heavy atom. The molecule has 10 heteroatoms. The predicted molar refractivity (Wildman–Crippen MR) is 141 cm³/mol. The molecule has 0 aliphatic carbocycles. The van der Waals surface area contributed by atoms with E-state index >= 15 is 0 Å². The van der Waals surface area contributed by atoms with Gasteiger partial charge in [-0.1, -0.05) is 13.8 Å². The zero-order chi connectivity index (χ0) is 23.6. The minimum atomic E-state index is -0.507. The van der Waals surface area contributed by atoms with Gasteiger partial charge in [0.15, 0.2) is 5.96 Å². The third-order valence-corrected chi connectivity index (χ3v) is 5.38. The quantitative estimate of drug-likeness (QED) is 0.265. The standard InChI is InChI=1S/C22H44N6O3.HI/c1-17(2)19(25-21(30)31-22(4,5)6)9-11-26(8)20(23-7)24-10-12-27-13-15-28(16-14-27)18(3)29;/h17,19H,9-16H2,1-8H3,(H,23,24)(H,25,30);1H. The normalized spacial score (nSPS) is 16.3. The monoisotopic (exact) mass is 568 g/mol. The minimum absolute atomic E-state index is 0. The van der Waals surface area contributed by atoms with Gasteiger partial charge < -0.3 is 25.2 Å². The molecule has 188 valence electrons. The van der Waals surface area contributed by atoms with Crippen molar-refractivity contribution in [2.45, 2.75) is 59.6 Å². The summed E-state index contributed by atoms with van der Waals surface area (Å²) in [6.07, 6.45) is 0.419. The molecule has 1 aliphatic heterocycles. The van der Waals surface area contributed by atoms with E-state index in [-0.39, 0.29) is 42.0 Å². The summed E-state index contributed by atoms with van der Waals surface area (Å²) in [4.78, 5) is 34.3. The number of hydrogen-bond acceptors (Lipinski definition) is 5. The second-order valence-corrected chi connectivity index (χ2v) is 9.53. The molecule has 32 heavy (non-hydrogen) atoms. The number of guanidine groups is 1. The van der Waals surface area contributed by atoms with Gasteiger partial charge in [0.1, 0.15) is 5.60 Å². The molecule has 9 nitrogen and oxygen atoms in total. The highest BCUT2D eigenvalue weighted by molar-refractivity contribution is 14.0. The molecule has 2 N–H and O–H groups in total. The van der Waals surface area contributed by atoms with E-state index in [1.54, 1.807) is 14.0 Å². The van der Waals surface area contributed by atoms with Crippen LogP contribution < -0.4 is 10.6 Å². The molecule has 0 bridgehead atoms. The van der Waals surface area contributed by atoms with Crippen molar-refractivity contribution in [1.29, 1.82) is 0 Å². The second kappa shape index (κ2) is 14.8. The number of aliphatic imine (C=N–C) groups is 1. The summed E-state index contributed by atoms with van der Waals surface area (Å²) in [5, 5.41) is 6.42. The van der Waals surface area contributed by atoms with E-state index < -0.39 is 5.60 Å². The highest BCUT2D eigenvalue weighted by atomic mass is 127. The average molecular weight is 569 g/mol. The Balaban J connectivity index is 0.00000961. The fourth-order valence-corrected chi connectivity index (χ4v) is 3.47. The van der Waals surface area contributed by atoms with Gasteiger partial charge in [-0.3, -0.25) is 14.7 Å². The third kappa shape index (κ3) is 12.1. The van der Waals surface area contributed by atoms with Crippen LogP contribution in [0.25, 0.3) is 0 Å². The number of carbonyl (C=O) groups excluding carboxylic acids is 2. The van der Waals surface area contributed by atoms with Crippen LogP contribution in [-0.2, 0) is 9.53 Å². The van der Waals surface area contributed by atoms with Crippen LogP contribution in [0.1, 0.15) is 48.0 Å². The zero-order valence-electron chi connectivity index (χ0n) is 21.2. The predicted octanol–water partition coefficient (Wildman–Crippen LogP) is 2.22. The van der Waals surface area contributed by atoms with Crippen molar-refractivity contribution in [2.75, 3.05) is 59.9 Å². The minimum Gasteiger partial charge on any atom is -0.444 e. The maximum Gasteiger partial charge on any atom is 0.407 e. The summed E-state index contributed by atoms with van der Waals surface area (Å²) in [7, 11) is 3.79. The summed E-state index contributed by atoms with van der Waals surface area (Å²) in [6, 6.07) is 0.0213. The Kier molecular flexibility index (Phi) is 14.2. The first-order chi connectivity index (χ1) is 14.4. The maximum atomic E-state index is 12.1. The Bertz CT molecular complexity index is 601. The molecule has 0 aromatic carbocycles. The zero-order valence-corrected chi connectivity index (χ0v) is 23.6. The number of alkyl carbamates (subject to hydrolysis) is 1. The third-order valence-electron chi connectivity index (χ3n) is 5.38. The lowest BCUT2D eigenvalue weighted by atomic mass is 10.0. The smallest absolute Gasteiger partial charge is 0.407 e. The van der Waals surface area contributed by atoms with Crippen LogP contribution in [0.15, 0.2) is 4.99 Å². The fraction of sp³-hybridized carbons (Fsp3) is 0.864. The van der Waals surface area contributed by atoms with Crippen molar-refractivity contribution in [3.8, 4) is 0 Å². The first-order valence-electron chi connectivity index (χ1n) is 11.3. The highest BCUT2D eigenvalue weighted by Crippen LogP contribution is 2.11. The number of nitrogens with zero attached hydrogens (tertiary/aromatic N) is 4. The fourth-order valence-electron chi connectivity index (χ4n) is 3.47. The van der Waals surface area contributed by atoms with Crippen LogP contribution in [-0.4, -0.2) is 104 Å². The van der Waals surface area contributed by atoms with E-state index in [1.165, 1.54) is 0 Å². The molecular formula is C22H45IN6O3. The number of rotatable bonds is 8. The number of hydrogen-bond donors (Lipinski definition) is 2. The first kappa shape index (κ1) is 30.7. The van der Waals surface area contributed by atoms with Crippen molar-refractivity contribution >= 4 is 41.9 Å². The average Bonchev–Trinajstić information content (AvgIpc) is 2.67. The SMILES string of the molecule is CN=C(NCCN1CCN(C(C)=O)CC1)N(C)CCC(NC(=O)OC(C)(C)C)C(C)C.I. The molecule has 1 heterocycles. The van der Waals surface area contributed by atoms with Crippen molar-refractivity contribution in [2.24, 2.45) is 10.9 Å². The van der Waals surface area contributed by atoms with Crippen LogP contribution >= 0.6 is 24.0 Å². The molecule has 1 atom stereocenters. The molecule has 1 rings (SSSR count). The van der Waals surface area contributed by atoms with Crippen LogP contribution in [0.3, 0.4) is 0 Å². The molecule has 0 aromatic rings. The Morgan fingerprint density at radius 2 is 1.75 bits per heavy atom. The molecule has 1 fully saturated rings. The summed E-state index contributed by atoms with van der Waals surface area (Å²) in [5.74, 6) is 1.28. The lowest BCUT2D eigenvalue weighted by Gasteiger charge is -2.34. The summed E-state index contributed by atoms with van der Waals surface area (Å²) < 4.78 is 5.40. The van der Waals surface area contributed by atoms with Gasteiger partial charge in [-0.15, -0.1) is 24.0 Å². The van der Waals surface area contributed by atoms with Crippen molar-refractivity contribution < 1.29 is 14.3 Å². The van der Waals surface area contributed by atoms with Crippen LogP contribution in [0, 0.1) is 5.92 Å². The van der Waals surface area contributed by atoms with Gasteiger partial charge in [0.2, 0.25) is 5.91 Å². The lowest BCUT2D eigenvalue weighted by molar-refractivity contribution is -0.130. The summed E-state index contributed by atoms with van der Waals surface area (Å²) in [6.45, 7) is 17.3. The van der Waals surface area contributed by atoms with Crippen LogP contribution in [0.2, 0.25) is 0 Å². The maximum absolute atomic E-state index is 12.1. The number of piperazine rings is 1. The number of halogens is 1. The molecule has 0 saturated carbocycles. The Hall–Kier alpha value is -1.30. The van der Waals surface area contributed by atoms with Gasteiger partial charge in [-0.2, -0.15) is 0 Å². The molecule has 2 amide bonds. The van der Waals surface area contributed by atoms with Gasteiger partial charge >= 0.3 is 6.09 Å². The Morgan fingerprint density at radius 3 is 2.22 bits per heavy atom. The van der Waals surface area contributed by atoms with E-state index in [2.05, 4.69) is 39.3 Å². The van der Waals surface area contributed by atoms with Gasteiger partial charge in [0, 0.05) is 72.9 Å². The second-order valence-electron chi connectivity index (χ2n) is 9.53. The van der Waals surface area contributed by atoms with Gasteiger partial charge in [0.05, 0.1) is 0 Å². The number of nitrogens with one attached hydrogen (secondary N) is 2. The van der Waals surface area contributed by atoms with Crippen molar-refractivity contribution in [1.82, 2.24) is 25.3 Å². The van der Waals surface area contributed by atoms with Gasteiger partial charge in [0.25, 0.3) is 0 Å². The topological polar surface area (TPSA) is 89.5 Å². The molecule has 0 radical (unpaired) electrons. The number of carbonyl (C=O) groups is 2. The van der Waals surface area contributed by atoms with Gasteiger partial charge in [-0.25, -0.2) is 4.79 Å². The number of amides is 2. The molecule has 0 aromatic heterocycles. The van der Waals surface area contributed by atoms with E-state index in [9.17, 15) is 9.59 Å². The molecule has 1 aliphatic rings. The Labute approximate surface area is 211 Å². The van der Waals surface area contributed by atoms with E-state index in [4.69, 9.17) is 4.74 Å². The molecule has 1 saturated heterocycles. The van der Waals surface area contributed by atoms with Crippen LogP contribution in [0.5, 0.6) is 0 Å². The molecule has 1 unspecified atom stereocenters. The first-order valence-corrected chi connectivity index (χ1v) is 11.3. The summed E-state index contributed by atoms with van der Waals surface area (Å²) in [5.41, 5.74) is -0.507. The van der Waals surface area contributed by atoms with Crippen molar-refractivity contribution in [3.63, 3.8) is 0 Å². The van der Waals surface area contributed by atoms with E-state index in [0.717, 1.165) is 58.2 Å². The highest BCUT2D eigenvalue weighted by Gasteiger charge is 2.22. The van der Waals surface area contributed by atoms with Crippen LogP contribution in [0.4, 0.5) is 4.79 Å².